The van der Waals surface area contributed by atoms with Crippen molar-refractivity contribution >= 4 is 76.2 Å². The Morgan fingerprint density at radius 1 is 0.800 bits per heavy atom. The standard InChI is InChI=1S/C63H89N9O12S/c1-12-40(6)56(62(81)70(10)49(38(2)3)35-51(84-43(9)73)61-67-48(37-85-61)58(78)66-47(33-41(7)63(82)83)34-44-21-15-13-16-22-44)69-59(79)50-23-18-20-32-72(50,11)36-45-25-27-46(28-26-45)65-57(77)42(8)64-60(80)55(39(4)5)68-52(74)24-17-14-19-31-71-53(75)29-30-54(71)76/h13,15-16,21-22,25-30,37-42,47,49-51,55-56H,12,14,17-20,23-24,31-36H2,1-11H3,(H5-,64,65,66,68,69,74,77,78,79,80,82,83)/p+1/t40-,41-,42-,47+,49+,50+,51+,55-,56-,72?/m0/s1. The van der Waals surface area contributed by atoms with E-state index in [4.69, 9.17) is 4.74 Å². The number of quaternary nitrogens is 1. The van der Waals surface area contributed by atoms with E-state index in [2.05, 4.69) is 31.6 Å². The average molecular weight is 1200 g/mol. The molecule has 5 rings (SSSR count). The molecule has 2 aromatic carbocycles. The van der Waals surface area contributed by atoms with E-state index in [1.807, 2.05) is 77.2 Å². The molecule has 85 heavy (non-hydrogen) atoms. The third-order valence-electron chi connectivity index (χ3n) is 16.3. The molecular weight excluding hydrogens is 1110 g/mol. The molecule has 0 saturated carbocycles. The largest absolute Gasteiger partial charge is 0.481 e. The number of carbonyl (C=O) groups excluding carboxylic acids is 9. The minimum absolute atomic E-state index is 0.0864. The van der Waals surface area contributed by atoms with Crippen molar-refractivity contribution in [1.82, 2.24) is 36.1 Å². The van der Waals surface area contributed by atoms with Crippen molar-refractivity contribution < 1.29 is 62.3 Å². The number of carboxylic acid groups (broad SMARTS) is 1. The van der Waals surface area contributed by atoms with Crippen molar-refractivity contribution in [3.05, 3.63) is 94.0 Å². The zero-order valence-electron chi connectivity index (χ0n) is 51.3. The smallest absolute Gasteiger partial charge is 0.306 e. The molecule has 0 bridgehead atoms. The number of carboxylic acids is 1. The Morgan fingerprint density at radius 3 is 2.08 bits per heavy atom. The summed E-state index contributed by atoms with van der Waals surface area (Å²) in [6, 6.07) is 12.6. The summed E-state index contributed by atoms with van der Waals surface area (Å²) < 4.78 is 6.25. The highest BCUT2D eigenvalue weighted by molar-refractivity contribution is 7.09. The highest BCUT2D eigenvalue weighted by Crippen LogP contribution is 2.32. The molecule has 0 aliphatic carbocycles. The van der Waals surface area contributed by atoms with E-state index in [9.17, 15) is 53.1 Å². The van der Waals surface area contributed by atoms with Crippen molar-refractivity contribution in [3.8, 4) is 0 Å². The number of esters is 1. The first kappa shape index (κ1) is 68.5. The molecule has 21 nitrogen and oxygen atoms in total. The van der Waals surface area contributed by atoms with Crippen LogP contribution in [0.2, 0.25) is 0 Å². The van der Waals surface area contributed by atoms with Gasteiger partial charge in [-0.1, -0.05) is 104 Å². The van der Waals surface area contributed by atoms with Gasteiger partial charge in [-0.25, -0.2) is 4.98 Å². The summed E-state index contributed by atoms with van der Waals surface area (Å²) in [5, 5.41) is 26.1. The van der Waals surface area contributed by atoms with E-state index < -0.39 is 77.9 Å². The molecule has 2 aliphatic rings. The summed E-state index contributed by atoms with van der Waals surface area (Å²) in [7, 11) is 3.74. The van der Waals surface area contributed by atoms with Gasteiger partial charge in [0.25, 0.3) is 23.6 Å². The van der Waals surface area contributed by atoms with E-state index in [0.717, 1.165) is 40.2 Å². The van der Waals surface area contributed by atoms with Gasteiger partial charge in [-0.3, -0.25) is 52.8 Å². The third kappa shape index (κ3) is 20.1. The number of nitrogens with one attached hydrogen (secondary N) is 5. The number of thiazole rings is 1. The highest BCUT2D eigenvalue weighted by atomic mass is 32.1. The van der Waals surface area contributed by atoms with Gasteiger partial charge in [0.15, 0.2) is 12.1 Å². The maximum Gasteiger partial charge on any atom is 0.306 e. The van der Waals surface area contributed by atoms with Gasteiger partial charge in [-0.05, 0) is 80.9 Å². The first-order valence-electron chi connectivity index (χ1n) is 29.9. The molecule has 3 heterocycles. The molecule has 1 aromatic heterocycles. The van der Waals surface area contributed by atoms with Crippen LogP contribution in [0.25, 0.3) is 0 Å². The number of aliphatic carboxylic acids is 1. The fourth-order valence-electron chi connectivity index (χ4n) is 11.0. The Morgan fingerprint density at radius 2 is 1.47 bits per heavy atom. The number of unbranched alkanes of at least 4 members (excludes halogenated alkanes) is 2. The van der Waals surface area contributed by atoms with Crippen LogP contribution >= 0.6 is 11.3 Å². The van der Waals surface area contributed by atoms with Gasteiger partial charge in [0.1, 0.15) is 35.4 Å². The molecule has 22 heteroatoms. The number of rotatable bonds is 32. The number of aromatic nitrogens is 1. The summed E-state index contributed by atoms with van der Waals surface area (Å²) in [6.45, 7) is 17.3. The minimum Gasteiger partial charge on any atom is -0.481 e. The fourth-order valence-corrected chi connectivity index (χ4v) is 11.8. The molecule has 3 aromatic rings. The second kappa shape index (κ2) is 32.3. The number of hydrogen-bond acceptors (Lipinski definition) is 13. The topological polar surface area (TPSA) is 280 Å². The van der Waals surface area contributed by atoms with Crippen molar-refractivity contribution in [3.63, 3.8) is 0 Å². The van der Waals surface area contributed by atoms with Crippen molar-refractivity contribution in [2.75, 3.05) is 32.5 Å². The van der Waals surface area contributed by atoms with Crippen LogP contribution in [0.3, 0.4) is 0 Å². The SMILES string of the molecule is CC[C@H](C)[C@H](NC(=O)[C@H]1CCCC[N+]1(C)Cc1ccc(NC(=O)[C@H](C)NC(=O)[C@@H](NC(=O)CCCCCN2C(=O)C=CC2=O)C(C)C)cc1)C(=O)N(C)[C@H](C[C@@H](OC(C)=O)c1nc(C(=O)N[C@@H](Cc2ccccc2)C[C@H](C)C(=O)O)cs1)C(C)C. The number of likely N-dealkylation sites (N-methyl/N-ethyl adjacent to an activating group) is 2. The lowest BCUT2D eigenvalue weighted by Gasteiger charge is -2.44. The number of ether oxygens (including phenoxy) is 1. The highest BCUT2D eigenvalue weighted by Gasteiger charge is 2.44. The van der Waals surface area contributed by atoms with Gasteiger partial charge in [0, 0.05) is 80.6 Å². The van der Waals surface area contributed by atoms with Crippen LogP contribution in [0.4, 0.5) is 5.69 Å². The van der Waals surface area contributed by atoms with Crippen LogP contribution in [0.15, 0.2) is 72.1 Å². The Labute approximate surface area is 504 Å². The lowest BCUT2D eigenvalue weighted by molar-refractivity contribution is -0.942. The summed E-state index contributed by atoms with van der Waals surface area (Å²) in [6.07, 6.45) is 7.02. The Hall–Kier alpha value is -7.33. The normalized spacial score (nSPS) is 18.7. The fraction of sp³-hybridized carbons (Fsp3) is 0.571. The van der Waals surface area contributed by atoms with Crippen LogP contribution < -0.4 is 26.6 Å². The number of nitrogens with zero attached hydrogens (tertiary/aromatic N) is 4. The molecule has 0 radical (unpaired) electrons. The molecule has 2 aliphatic heterocycles. The maximum atomic E-state index is 14.8. The number of benzene rings is 2. The van der Waals surface area contributed by atoms with E-state index in [-0.39, 0.29) is 78.8 Å². The molecular formula is C63H90N9O12S+. The molecule has 1 saturated heterocycles. The molecule has 464 valence electrons. The van der Waals surface area contributed by atoms with Crippen LogP contribution in [0, 0.1) is 23.7 Å². The molecule has 0 spiro atoms. The van der Waals surface area contributed by atoms with Crippen LogP contribution in [0.5, 0.6) is 0 Å². The number of likely N-dealkylation sites (tertiary alicyclic amines) is 1. The first-order chi connectivity index (χ1) is 40.2. The summed E-state index contributed by atoms with van der Waals surface area (Å²) in [4.78, 5) is 138. The van der Waals surface area contributed by atoms with E-state index in [1.165, 1.54) is 19.1 Å². The van der Waals surface area contributed by atoms with E-state index >= 15 is 0 Å². The second-order valence-electron chi connectivity index (χ2n) is 23.9. The van der Waals surface area contributed by atoms with Gasteiger partial charge in [-0.2, -0.15) is 0 Å². The minimum atomic E-state index is -0.973. The summed E-state index contributed by atoms with van der Waals surface area (Å²) in [5.41, 5.74) is 2.44. The van der Waals surface area contributed by atoms with Crippen LogP contribution in [0.1, 0.15) is 159 Å². The number of amides is 8. The van der Waals surface area contributed by atoms with Gasteiger partial charge >= 0.3 is 11.9 Å². The maximum absolute atomic E-state index is 14.8. The zero-order chi connectivity index (χ0) is 62.7. The van der Waals surface area contributed by atoms with Gasteiger partial charge in [0.05, 0.1) is 19.5 Å². The number of carbonyl (C=O) groups is 10. The lowest BCUT2D eigenvalue weighted by atomic mass is 9.92. The van der Waals surface area contributed by atoms with Gasteiger partial charge in [-0.15, -0.1) is 11.3 Å². The number of imide groups is 1. The van der Waals surface area contributed by atoms with E-state index in [0.29, 0.717) is 66.8 Å². The van der Waals surface area contributed by atoms with Crippen molar-refractivity contribution in [2.24, 2.45) is 23.7 Å². The van der Waals surface area contributed by atoms with Gasteiger partial charge < -0.3 is 45.8 Å². The third-order valence-corrected chi connectivity index (χ3v) is 17.3. The predicted molar refractivity (Wildman–Crippen MR) is 323 cm³/mol. The number of hydrogen-bond donors (Lipinski definition) is 6. The Bertz CT molecular complexity index is 2820. The average Bonchev–Trinajstić information content (AvgIpc) is 4.14. The van der Waals surface area contributed by atoms with Crippen LogP contribution in [-0.2, 0) is 60.9 Å². The Kier molecular flexibility index (Phi) is 26.0. The molecule has 1 unspecified atom stereocenters. The Balaban J connectivity index is 1.19. The monoisotopic (exact) mass is 1200 g/mol. The van der Waals surface area contributed by atoms with Crippen molar-refractivity contribution in [1.29, 1.82) is 0 Å². The predicted octanol–water partition coefficient (Wildman–Crippen LogP) is 6.87. The molecule has 6 N–H and O–H groups in total. The lowest BCUT2D eigenvalue weighted by Crippen LogP contribution is -2.63. The summed E-state index contributed by atoms with van der Waals surface area (Å²) in [5.74, 6) is -5.94. The molecule has 10 atom stereocenters. The zero-order valence-corrected chi connectivity index (χ0v) is 52.1. The quantitative estimate of drug-likeness (QED) is 0.0161. The molecule has 8 amide bonds. The van der Waals surface area contributed by atoms with E-state index in [1.54, 1.807) is 57.2 Å². The number of anilines is 1. The van der Waals surface area contributed by atoms with Crippen molar-refractivity contribution in [2.45, 2.75) is 182 Å². The van der Waals surface area contributed by atoms with Gasteiger partial charge in [0.2, 0.25) is 23.6 Å². The molecule has 1 fully saturated rings. The van der Waals surface area contributed by atoms with Crippen LogP contribution in [-0.4, -0.2) is 147 Å². The number of piperidine rings is 1. The first-order valence-corrected chi connectivity index (χ1v) is 30.7. The second-order valence-corrected chi connectivity index (χ2v) is 24.8. The summed E-state index contributed by atoms with van der Waals surface area (Å²) >= 11 is 1.15.